The van der Waals surface area contributed by atoms with E-state index in [0.29, 0.717) is 0 Å². The van der Waals surface area contributed by atoms with E-state index in [1.54, 1.807) is 0 Å². The van der Waals surface area contributed by atoms with Crippen molar-refractivity contribution in [3.8, 4) is 45.0 Å². The molecule has 0 saturated carbocycles. The number of hydrogen-bond donors (Lipinski definition) is 0. The number of fused-ring (bicyclic) bond motifs is 6. The number of rotatable bonds is 17. The van der Waals surface area contributed by atoms with Gasteiger partial charge in [-0.05, 0) is 159 Å². The van der Waals surface area contributed by atoms with E-state index in [9.17, 15) is 0 Å². The smallest absolute Gasteiger partial charge is 0.0781 e. The summed E-state index contributed by atoms with van der Waals surface area (Å²) in [7, 11) is 0. The van der Waals surface area contributed by atoms with Crippen molar-refractivity contribution in [2.75, 3.05) is 0 Å². The van der Waals surface area contributed by atoms with E-state index in [4.69, 9.17) is 9.97 Å². The van der Waals surface area contributed by atoms with Crippen molar-refractivity contribution in [1.29, 1.82) is 0 Å². The van der Waals surface area contributed by atoms with E-state index in [2.05, 4.69) is 170 Å². The molecule has 0 spiro atoms. The van der Waals surface area contributed by atoms with Crippen molar-refractivity contribution < 1.29 is 0 Å². The Morgan fingerprint density at radius 3 is 0.939 bits per heavy atom. The number of unbranched alkanes of at least 4 members (excludes halogenated alkanes) is 4. The minimum absolute atomic E-state index is 0.945. The van der Waals surface area contributed by atoms with E-state index < -0.39 is 0 Å². The first-order valence-electron chi connectivity index (χ1n) is 24.8. The fourth-order valence-electron chi connectivity index (χ4n) is 10.2. The highest BCUT2D eigenvalue weighted by Gasteiger charge is 2.19. The molecule has 0 saturated heterocycles. The lowest BCUT2D eigenvalue weighted by Gasteiger charge is -2.15. The van der Waals surface area contributed by atoms with Gasteiger partial charge in [-0.1, -0.05) is 114 Å². The molecule has 0 aliphatic rings. The molecule has 4 heteroatoms. The molecular weight excluding hydrogens is 801 g/mol. The summed E-state index contributed by atoms with van der Waals surface area (Å²) in [6, 6.07) is 54.9. The quantitative estimate of drug-likeness (QED) is 0.0914. The second-order valence-electron chi connectivity index (χ2n) is 18.4. The number of nitrogens with zero attached hydrogens (tertiary/aromatic N) is 4. The van der Waals surface area contributed by atoms with Gasteiger partial charge in [-0.2, -0.15) is 0 Å². The third-order valence-electron chi connectivity index (χ3n) is 13.8. The molecule has 0 bridgehead atoms. The lowest BCUT2D eigenvalue weighted by Crippen LogP contribution is -1.97. The van der Waals surface area contributed by atoms with Crippen molar-refractivity contribution in [3.63, 3.8) is 0 Å². The van der Waals surface area contributed by atoms with Crippen LogP contribution in [0.4, 0.5) is 0 Å². The largest absolute Gasteiger partial charge is 0.309 e. The van der Waals surface area contributed by atoms with Crippen LogP contribution in [0.25, 0.3) is 88.6 Å². The van der Waals surface area contributed by atoms with Crippen molar-refractivity contribution >= 4 is 43.6 Å². The molecule has 0 radical (unpaired) electrons. The summed E-state index contributed by atoms with van der Waals surface area (Å²) in [4.78, 5) is 10.1. The second-order valence-corrected chi connectivity index (χ2v) is 18.4. The van der Waals surface area contributed by atoms with Crippen LogP contribution in [0.2, 0.25) is 0 Å². The molecule has 6 aromatic carbocycles. The van der Waals surface area contributed by atoms with Crippen LogP contribution in [0, 0.1) is 0 Å². The lowest BCUT2D eigenvalue weighted by atomic mass is 9.95. The van der Waals surface area contributed by atoms with Gasteiger partial charge in [0.15, 0.2) is 0 Å². The molecule has 0 aliphatic heterocycles. The average molecular weight is 863 g/mol. The molecule has 66 heavy (non-hydrogen) atoms. The molecule has 0 amide bonds. The molecular formula is C62H62N4. The number of aromatic nitrogens is 4. The Kier molecular flexibility index (Phi) is 12.7. The third kappa shape index (κ3) is 8.34. The van der Waals surface area contributed by atoms with Crippen LogP contribution < -0.4 is 0 Å². The molecule has 10 aromatic rings. The molecule has 4 nitrogen and oxygen atoms in total. The molecule has 0 unspecified atom stereocenters. The van der Waals surface area contributed by atoms with Crippen molar-refractivity contribution in [2.24, 2.45) is 0 Å². The first kappa shape index (κ1) is 43.1. The fourth-order valence-corrected chi connectivity index (χ4v) is 10.2. The van der Waals surface area contributed by atoms with E-state index in [1.165, 1.54) is 117 Å². The highest BCUT2D eigenvalue weighted by molar-refractivity contribution is 6.11. The van der Waals surface area contributed by atoms with E-state index in [-0.39, 0.29) is 0 Å². The van der Waals surface area contributed by atoms with Gasteiger partial charge in [0.05, 0.1) is 33.5 Å². The van der Waals surface area contributed by atoms with Crippen LogP contribution in [-0.2, 0) is 25.7 Å². The predicted molar refractivity (Wildman–Crippen MR) is 281 cm³/mol. The second kappa shape index (κ2) is 19.4. The summed E-state index contributed by atoms with van der Waals surface area (Å²) in [6.07, 6.45) is 17.9. The Hall–Kier alpha value is -6.78. The standard InChI is InChI=1S/C62H62N4/c1-5-9-15-43-21-33-57-53(39-43)54-40-44(16-10-6-2)22-34-58(54)65(57)49-29-25-47(26-30-49)61-51(19-13-37-63-61)52-20-14-38-64-62(52)48-27-31-50(32-28-48)66-59-35-23-45(17-11-7-3)41-55(59)56-42-46(18-12-8-4)24-36-60(56)66/h13-14,19-42H,5-12,15-18H2,1-4H3. The highest BCUT2D eigenvalue weighted by atomic mass is 15.0. The SMILES string of the molecule is CCCCc1ccc2c(c1)c1cc(CCCC)ccc1n2-c1ccc(-c2ncccc2-c2cccnc2-c2ccc(-n3c4ccc(CCCC)cc4c4cc(CCCC)ccc43)cc2)cc1. The lowest BCUT2D eigenvalue weighted by molar-refractivity contribution is 0.795. The number of aryl methyl sites for hydroxylation is 4. The topological polar surface area (TPSA) is 35.6 Å². The van der Waals surface area contributed by atoms with Gasteiger partial charge < -0.3 is 9.13 Å². The maximum absolute atomic E-state index is 5.03. The van der Waals surface area contributed by atoms with Crippen LogP contribution in [0.3, 0.4) is 0 Å². The van der Waals surface area contributed by atoms with E-state index in [0.717, 1.165) is 70.7 Å². The maximum atomic E-state index is 5.03. The monoisotopic (exact) mass is 862 g/mol. The third-order valence-corrected chi connectivity index (χ3v) is 13.8. The van der Waals surface area contributed by atoms with Gasteiger partial charge in [-0.25, -0.2) is 0 Å². The molecule has 0 fully saturated rings. The van der Waals surface area contributed by atoms with Gasteiger partial charge in [-0.15, -0.1) is 0 Å². The Morgan fingerprint density at radius 1 is 0.348 bits per heavy atom. The summed E-state index contributed by atoms with van der Waals surface area (Å²) < 4.78 is 4.89. The maximum Gasteiger partial charge on any atom is 0.0781 e. The van der Waals surface area contributed by atoms with Gasteiger partial charge in [0.2, 0.25) is 0 Å². The molecule has 330 valence electrons. The van der Waals surface area contributed by atoms with Gasteiger partial charge in [0, 0.05) is 67.6 Å². The minimum Gasteiger partial charge on any atom is -0.309 e. The zero-order valence-electron chi connectivity index (χ0n) is 39.3. The predicted octanol–water partition coefficient (Wildman–Crippen LogP) is 17.0. The van der Waals surface area contributed by atoms with Crippen molar-refractivity contribution in [3.05, 3.63) is 180 Å². The van der Waals surface area contributed by atoms with Crippen LogP contribution in [0.5, 0.6) is 0 Å². The normalized spacial score (nSPS) is 11.8. The minimum atomic E-state index is 0.945. The Bertz CT molecular complexity index is 2940. The zero-order chi connectivity index (χ0) is 45.0. The first-order chi connectivity index (χ1) is 32.6. The Morgan fingerprint density at radius 2 is 0.652 bits per heavy atom. The summed E-state index contributed by atoms with van der Waals surface area (Å²) >= 11 is 0. The molecule has 10 rings (SSSR count). The van der Waals surface area contributed by atoms with Crippen LogP contribution in [0.1, 0.15) is 101 Å². The molecule has 0 aliphatic carbocycles. The number of hydrogen-bond acceptors (Lipinski definition) is 2. The average Bonchev–Trinajstić information content (AvgIpc) is 3.87. The molecule has 4 aromatic heterocycles. The van der Waals surface area contributed by atoms with E-state index >= 15 is 0 Å². The highest BCUT2D eigenvalue weighted by Crippen LogP contribution is 2.40. The molecule has 0 N–H and O–H groups in total. The summed E-state index contributed by atoms with van der Waals surface area (Å²) in [5.74, 6) is 0. The van der Waals surface area contributed by atoms with Gasteiger partial charge in [0.1, 0.15) is 0 Å². The Labute approximate surface area is 391 Å². The summed E-state index contributed by atoms with van der Waals surface area (Å²) in [6.45, 7) is 9.09. The Balaban J connectivity index is 0.998. The van der Waals surface area contributed by atoms with Gasteiger partial charge in [0.25, 0.3) is 0 Å². The van der Waals surface area contributed by atoms with Gasteiger partial charge in [-0.3, -0.25) is 9.97 Å². The van der Waals surface area contributed by atoms with Crippen molar-refractivity contribution in [2.45, 2.75) is 105 Å². The van der Waals surface area contributed by atoms with E-state index in [1.807, 2.05) is 24.5 Å². The fraction of sp³-hybridized carbons (Fsp3) is 0.258. The van der Waals surface area contributed by atoms with Crippen LogP contribution in [-0.4, -0.2) is 19.1 Å². The zero-order valence-corrected chi connectivity index (χ0v) is 39.3. The summed E-state index contributed by atoms with van der Waals surface area (Å²) in [5, 5.41) is 5.36. The summed E-state index contributed by atoms with van der Waals surface area (Å²) in [5.41, 5.74) is 19.1. The van der Waals surface area contributed by atoms with Crippen LogP contribution >= 0.6 is 0 Å². The van der Waals surface area contributed by atoms with Crippen molar-refractivity contribution in [1.82, 2.24) is 19.1 Å². The number of pyridine rings is 2. The number of benzene rings is 6. The van der Waals surface area contributed by atoms with Crippen LogP contribution in [0.15, 0.2) is 158 Å². The molecule has 4 heterocycles. The first-order valence-corrected chi connectivity index (χ1v) is 24.8. The van der Waals surface area contributed by atoms with Gasteiger partial charge >= 0.3 is 0 Å². The molecule has 0 atom stereocenters.